The number of esters is 1. The summed E-state index contributed by atoms with van der Waals surface area (Å²) in [6.07, 6.45) is 0. The first-order chi connectivity index (χ1) is 7.63. The van der Waals surface area contributed by atoms with Gasteiger partial charge in [-0.15, -0.1) is 0 Å². The minimum atomic E-state index is -0.391. The van der Waals surface area contributed by atoms with Crippen molar-refractivity contribution >= 4 is 32.9 Å². The Hall–Kier alpha value is -1.36. The standard InChI is InChI=1S/C11H11BrN2O2/c1-3-16-11(15)10-13-8-6-7(12)4-5-9(8)14(10)2/h4-6H,3H2,1-2H3. The molecule has 0 saturated carbocycles. The lowest BCUT2D eigenvalue weighted by molar-refractivity contribution is 0.0508. The maximum atomic E-state index is 11.6. The number of carbonyl (C=O) groups excluding carboxylic acids is 1. The largest absolute Gasteiger partial charge is 0.460 e. The van der Waals surface area contributed by atoms with E-state index in [1.165, 1.54) is 0 Å². The number of rotatable bonds is 2. The van der Waals surface area contributed by atoms with Crippen LogP contribution in [0.3, 0.4) is 0 Å². The Morgan fingerprint density at radius 3 is 3.00 bits per heavy atom. The number of nitrogens with zero attached hydrogens (tertiary/aromatic N) is 2. The Balaban J connectivity index is 2.55. The molecule has 1 heterocycles. The molecule has 84 valence electrons. The van der Waals surface area contributed by atoms with E-state index in [0.717, 1.165) is 15.5 Å². The number of benzene rings is 1. The third-order valence-corrected chi connectivity index (χ3v) is 2.79. The monoisotopic (exact) mass is 282 g/mol. The van der Waals surface area contributed by atoms with Crippen molar-refractivity contribution in [3.63, 3.8) is 0 Å². The molecule has 4 nitrogen and oxygen atoms in total. The van der Waals surface area contributed by atoms with E-state index in [4.69, 9.17) is 4.74 Å². The quantitative estimate of drug-likeness (QED) is 0.795. The van der Waals surface area contributed by atoms with Crippen molar-refractivity contribution in [3.8, 4) is 0 Å². The van der Waals surface area contributed by atoms with Gasteiger partial charge < -0.3 is 9.30 Å². The van der Waals surface area contributed by atoms with Crippen molar-refractivity contribution in [2.24, 2.45) is 7.05 Å². The fourth-order valence-electron chi connectivity index (χ4n) is 1.55. The SMILES string of the molecule is CCOC(=O)c1nc2cc(Br)ccc2n1C. The van der Waals surface area contributed by atoms with Crippen LogP contribution < -0.4 is 0 Å². The van der Waals surface area contributed by atoms with Gasteiger partial charge in [-0.1, -0.05) is 15.9 Å². The fourth-order valence-corrected chi connectivity index (χ4v) is 1.90. The number of fused-ring (bicyclic) bond motifs is 1. The molecule has 16 heavy (non-hydrogen) atoms. The molecule has 0 unspecified atom stereocenters. The minimum absolute atomic E-state index is 0.329. The molecule has 0 aliphatic carbocycles. The van der Waals surface area contributed by atoms with E-state index in [0.29, 0.717) is 12.4 Å². The summed E-state index contributed by atoms with van der Waals surface area (Å²) in [5.41, 5.74) is 1.69. The first kappa shape index (κ1) is 11.1. The van der Waals surface area contributed by atoms with Crippen molar-refractivity contribution in [1.82, 2.24) is 9.55 Å². The average molecular weight is 283 g/mol. The van der Waals surface area contributed by atoms with Gasteiger partial charge in [0.1, 0.15) is 0 Å². The van der Waals surface area contributed by atoms with Crippen molar-refractivity contribution in [3.05, 3.63) is 28.5 Å². The third-order valence-electron chi connectivity index (χ3n) is 2.30. The molecule has 0 atom stereocenters. The summed E-state index contributed by atoms with van der Waals surface area (Å²) in [6.45, 7) is 2.13. The van der Waals surface area contributed by atoms with Crippen molar-refractivity contribution in [2.75, 3.05) is 6.61 Å². The summed E-state index contributed by atoms with van der Waals surface area (Å²) in [6, 6.07) is 5.70. The molecular weight excluding hydrogens is 272 g/mol. The fraction of sp³-hybridized carbons (Fsp3) is 0.273. The molecule has 0 aliphatic heterocycles. The van der Waals surface area contributed by atoms with Crippen molar-refractivity contribution in [1.29, 1.82) is 0 Å². The van der Waals surface area contributed by atoms with E-state index in [-0.39, 0.29) is 0 Å². The molecular formula is C11H11BrN2O2. The van der Waals surface area contributed by atoms with Gasteiger partial charge >= 0.3 is 5.97 Å². The maximum absolute atomic E-state index is 11.6. The van der Waals surface area contributed by atoms with Crippen LogP contribution in [0.1, 0.15) is 17.5 Å². The number of halogens is 1. The van der Waals surface area contributed by atoms with Crippen molar-refractivity contribution in [2.45, 2.75) is 6.92 Å². The Bertz CT molecular complexity index is 548. The summed E-state index contributed by atoms with van der Waals surface area (Å²) in [5.74, 6) is -0.0627. The molecule has 2 rings (SSSR count). The predicted molar refractivity (Wildman–Crippen MR) is 64.4 cm³/mol. The first-order valence-electron chi connectivity index (χ1n) is 4.92. The van der Waals surface area contributed by atoms with Crippen LogP contribution in [0.4, 0.5) is 0 Å². The zero-order valence-electron chi connectivity index (χ0n) is 9.03. The van der Waals surface area contributed by atoms with Gasteiger partial charge in [0.05, 0.1) is 17.6 Å². The Morgan fingerprint density at radius 2 is 2.31 bits per heavy atom. The van der Waals surface area contributed by atoms with Gasteiger partial charge in [0.2, 0.25) is 5.82 Å². The lowest BCUT2D eigenvalue weighted by atomic mass is 10.3. The number of aryl methyl sites for hydroxylation is 1. The summed E-state index contributed by atoms with van der Waals surface area (Å²) >= 11 is 3.37. The highest BCUT2D eigenvalue weighted by molar-refractivity contribution is 9.10. The highest BCUT2D eigenvalue weighted by Gasteiger charge is 2.16. The highest BCUT2D eigenvalue weighted by Crippen LogP contribution is 2.20. The van der Waals surface area contributed by atoms with Crippen LogP contribution in [0.5, 0.6) is 0 Å². The van der Waals surface area contributed by atoms with Gasteiger partial charge in [-0.2, -0.15) is 0 Å². The number of carbonyl (C=O) groups is 1. The molecule has 1 aromatic heterocycles. The van der Waals surface area contributed by atoms with Gasteiger partial charge in [-0.25, -0.2) is 9.78 Å². The smallest absolute Gasteiger partial charge is 0.374 e. The normalized spacial score (nSPS) is 10.7. The van der Waals surface area contributed by atoms with Crippen LogP contribution in [0.15, 0.2) is 22.7 Å². The molecule has 0 amide bonds. The summed E-state index contributed by atoms with van der Waals surface area (Å²) in [7, 11) is 1.80. The van der Waals surface area contributed by atoms with Gasteiger partial charge in [-0.3, -0.25) is 0 Å². The molecule has 0 radical (unpaired) electrons. The number of imidazole rings is 1. The highest BCUT2D eigenvalue weighted by atomic mass is 79.9. The zero-order chi connectivity index (χ0) is 11.7. The van der Waals surface area contributed by atoms with Gasteiger partial charge in [0.25, 0.3) is 0 Å². The van der Waals surface area contributed by atoms with E-state index in [9.17, 15) is 4.79 Å². The second-order valence-electron chi connectivity index (χ2n) is 3.35. The summed E-state index contributed by atoms with van der Waals surface area (Å²) in [4.78, 5) is 15.9. The van der Waals surface area contributed by atoms with Crippen LogP contribution in [-0.4, -0.2) is 22.1 Å². The Labute approximate surface area is 101 Å². The first-order valence-corrected chi connectivity index (χ1v) is 5.72. The molecule has 0 aliphatic rings. The molecule has 0 spiro atoms. The Morgan fingerprint density at radius 1 is 1.56 bits per heavy atom. The van der Waals surface area contributed by atoms with E-state index >= 15 is 0 Å². The molecule has 5 heteroatoms. The van der Waals surface area contributed by atoms with E-state index in [2.05, 4.69) is 20.9 Å². The van der Waals surface area contributed by atoms with Gasteiger partial charge in [-0.05, 0) is 25.1 Å². The minimum Gasteiger partial charge on any atom is -0.460 e. The second kappa shape index (κ2) is 4.25. The second-order valence-corrected chi connectivity index (χ2v) is 4.26. The maximum Gasteiger partial charge on any atom is 0.374 e. The third kappa shape index (κ3) is 1.82. The molecule has 0 N–H and O–H groups in total. The number of aromatic nitrogens is 2. The van der Waals surface area contributed by atoms with Crippen LogP contribution >= 0.6 is 15.9 Å². The van der Waals surface area contributed by atoms with E-state index in [1.54, 1.807) is 18.5 Å². The zero-order valence-corrected chi connectivity index (χ0v) is 10.6. The molecule has 0 fully saturated rings. The number of ether oxygens (including phenoxy) is 1. The predicted octanol–water partition coefficient (Wildman–Crippen LogP) is 2.51. The molecule has 0 bridgehead atoms. The molecule has 0 saturated heterocycles. The average Bonchev–Trinajstić information content (AvgIpc) is 2.56. The Kier molecular flexibility index (Phi) is 2.96. The number of hydrogen-bond acceptors (Lipinski definition) is 3. The number of hydrogen-bond donors (Lipinski definition) is 0. The van der Waals surface area contributed by atoms with E-state index < -0.39 is 5.97 Å². The van der Waals surface area contributed by atoms with Crippen LogP contribution in [0.2, 0.25) is 0 Å². The van der Waals surface area contributed by atoms with Crippen LogP contribution in [0, 0.1) is 0 Å². The molecule has 2 aromatic rings. The molecule has 1 aromatic carbocycles. The summed E-state index contributed by atoms with van der Waals surface area (Å²) < 4.78 is 7.61. The van der Waals surface area contributed by atoms with Crippen LogP contribution in [0.25, 0.3) is 11.0 Å². The van der Waals surface area contributed by atoms with E-state index in [1.807, 2.05) is 18.2 Å². The van der Waals surface area contributed by atoms with Gasteiger partial charge in [0, 0.05) is 11.5 Å². The summed E-state index contributed by atoms with van der Waals surface area (Å²) in [5, 5.41) is 0. The van der Waals surface area contributed by atoms with Crippen LogP contribution in [-0.2, 0) is 11.8 Å². The van der Waals surface area contributed by atoms with Gasteiger partial charge in [0.15, 0.2) is 0 Å². The van der Waals surface area contributed by atoms with Crippen molar-refractivity contribution < 1.29 is 9.53 Å². The lowest BCUT2D eigenvalue weighted by Gasteiger charge is -2.01. The lowest BCUT2D eigenvalue weighted by Crippen LogP contribution is -2.11. The topological polar surface area (TPSA) is 44.1 Å².